The highest BCUT2D eigenvalue weighted by Gasteiger charge is 2.28. The Labute approximate surface area is 167 Å². The maximum absolute atomic E-state index is 5.58. The summed E-state index contributed by atoms with van der Waals surface area (Å²) in [4.78, 5) is 2.48. The number of nitrogens with one attached hydrogen (secondary N) is 2. The molecule has 1 saturated heterocycles. The Balaban J connectivity index is 1.67. The number of ether oxygens (including phenoxy) is 1. The molecule has 144 valence electrons. The molecule has 2 aromatic rings. The van der Waals surface area contributed by atoms with Gasteiger partial charge in [-0.3, -0.25) is 4.90 Å². The molecule has 0 spiro atoms. The van der Waals surface area contributed by atoms with E-state index in [9.17, 15) is 0 Å². The first-order valence-corrected chi connectivity index (χ1v) is 10.1. The lowest BCUT2D eigenvalue weighted by atomic mass is 9.98. The summed E-state index contributed by atoms with van der Waals surface area (Å²) in [6.45, 7) is 7.78. The molecule has 27 heavy (non-hydrogen) atoms. The van der Waals surface area contributed by atoms with Crippen LogP contribution in [-0.2, 0) is 11.2 Å². The highest BCUT2D eigenvalue weighted by Crippen LogP contribution is 2.25. The Morgan fingerprint density at radius 1 is 1.07 bits per heavy atom. The van der Waals surface area contributed by atoms with E-state index < -0.39 is 0 Å². The minimum atomic E-state index is 0.167. The molecular weight excluding hydrogens is 354 g/mol. The van der Waals surface area contributed by atoms with Crippen molar-refractivity contribution < 1.29 is 4.74 Å². The maximum atomic E-state index is 5.58. The number of thiocarbonyl (C=S) groups is 1. The topological polar surface area (TPSA) is 36.5 Å². The third kappa shape index (κ3) is 5.51. The summed E-state index contributed by atoms with van der Waals surface area (Å²) < 4.78 is 5.54. The van der Waals surface area contributed by atoms with Crippen molar-refractivity contribution in [3.05, 3.63) is 65.7 Å². The van der Waals surface area contributed by atoms with Crippen LogP contribution in [0, 0.1) is 0 Å². The van der Waals surface area contributed by atoms with Gasteiger partial charge in [0.1, 0.15) is 0 Å². The number of anilines is 1. The SMILES string of the molecule is CCc1ccc(NC(=S)N[C@H](C)[C@@H](c2ccccc2)N2CCOCC2)cc1. The van der Waals surface area contributed by atoms with Gasteiger partial charge in [0.25, 0.3) is 0 Å². The zero-order chi connectivity index (χ0) is 19.1. The molecule has 3 rings (SSSR count). The summed E-state index contributed by atoms with van der Waals surface area (Å²) in [5.74, 6) is 0. The number of aryl methyl sites for hydroxylation is 1. The summed E-state index contributed by atoms with van der Waals surface area (Å²) in [6, 6.07) is 19.5. The minimum Gasteiger partial charge on any atom is -0.379 e. The van der Waals surface area contributed by atoms with Crippen molar-refractivity contribution in [2.45, 2.75) is 32.4 Å². The number of rotatable bonds is 6. The smallest absolute Gasteiger partial charge is 0.171 e. The average Bonchev–Trinajstić information content (AvgIpc) is 2.70. The quantitative estimate of drug-likeness (QED) is 0.738. The average molecular weight is 384 g/mol. The second-order valence-electron chi connectivity index (χ2n) is 6.94. The van der Waals surface area contributed by atoms with E-state index in [0.717, 1.165) is 38.4 Å². The number of hydrogen-bond acceptors (Lipinski definition) is 3. The van der Waals surface area contributed by atoms with Crippen LogP contribution in [0.4, 0.5) is 5.69 Å². The van der Waals surface area contributed by atoms with Crippen molar-refractivity contribution >= 4 is 23.0 Å². The normalized spacial score (nSPS) is 17.1. The summed E-state index contributed by atoms with van der Waals surface area (Å²) >= 11 is 5.58. The molecule has 1 aliphatic heterocycles. The van der Waals surface area contributed by atoms with Crippen molar-refractivity contribution in [1.82, 2.24) is 10.2 Å². The van der Waals surface area contributed by atoms with Crippen LogP contribution in [0.5, 0.6) is 0 Å². The molecule has 0 aliphatic carbocycles. The van der Waals surface area contributed by atoms with Crippen LogP contribution in [0.1, 0.15) is 31.0 Å². The fourth-order valence-corrected chi connectivity index (χ4v) is 3.90. The van der Waals surface area contributed by atoms with Crippen molar-refractivity contribution in [3.63, 3.8) is 0 Å². The van der Waals surface area contributed by atoms with Crippen LogP contribution in [0.3, 0.4) is 0 Å². The van der Waals surface area contributed by atoms with E-state index in [-0.39, 0.29) is 12.1 Å². The van der Waals surface area contributed by atoms with Crippen LogP contribution in [0.2, 0.25) is 0 Å². The summed E-state index contributed by atoms with van der Waals surface area (Å²) in [7, 11) is 0. The molecule has 2 N–H and O–H groups in total. The fourth-order valence-electron chi connectivity index (χ4n) is 3.60. The van der Waals surface area contributed by atoms with Crippen molar-refractivity contribution in [1.29, 1.82) is 0 Å². The van der Waals surface area contributed by atoms with Crippen LogP contribution >= 0.6 is 12.2 Å². The van der Waals surface area contributed by atoms with E-state index in [1.165, 1.54) is 11.1 Å². The first kappa shape index (κ1) is 19.8. The van der Waals surface area contributed by atoms with E-state index in [1.807, 2.05) is 0 Å². The standard InChI is InChI=1S/C22H29N3OS/c1-3-18-9-11-20(12-10-18)24-22(27)23-17(2)21(19-7-5-4-6-8-19)25-13-15-26-16-14-25/h4-12,17,21H,3,13-16H2,1-2H3,(H2,23,24,27)/t17-,21+/m1/s1. The predicted molar refractivity (Wildman–Crippen MR) is 116 cm³/mol. The summed E-state index contributed by atoms with van der Waals surface area (Å²) in [5.41, 5.74) is 3.64. The Morgan fingerprint density at radius 3 is 2.37 bits per heavy atom. The molecule has 2 aromatic carbocycles. The second kappa shape index (κ2) is 9.83. The third-order valence-corrected chi connectivity index (χ3v) is 5.25. The summed E-state index contributed by atoms with van der Waals surface area (Å²) in [5, 5.41) is 7.45. The Kier molecular flexibility index (Phi) is 7.21. The van der Waals surface area contributed by atoms with Gasteiger partial charge in [0, 0.05) is 24.8 Å². The Hall–Kier alpha value is -1.95. The molecule has 0 bridgehead atoms. The third-order valence-electron chi connectivity index (χ3n) is 5.03. The summed E-state index contributed by atoms with van der Waals surface area (Å²) in [6.07, 6.45) is 1.04. The van der Waals surface area contributed by atoms with Crippen LogP contribution in [-0.4, -0.2) is 42.4 Å². The largest absolute Gasteiger partial charge is 0.379 e. The monoisotopic (exact) mass is 383 g/mol. The number of hydrogen-bond donors (Lipinski definition) is 2. The zero-order valence-corrected chi connectivity index (χ0v) is 17.0. The lowest BCUT2D eigenvalue weighted by molar-refractivity contribution is 0.0102. The van der Waals surface area contributed by atoms with E-state index >= 15 is 0 Å². The van der Waals surface area contributed by atoms with E-state index in [4.69, 9.17) is 17.0 Å². The fraction of sp³-hybridized carbons (Fsp3) is 0.409. The van der Waals surface area contributed by atoms with Crippen LogP contribution in [0.25, 0.3) is 0 Å². The van der Waals surface area contributed by atoms with Gasteiger partial charge in [-0.2, -0.15) is 0 Å². The molecule has 0 saturated carbocycles. The van der Waals surface area contributed by atoms with E-state index in [0.29, 0.717) is 5.11 Å². The maximum Gasteiger partial charge on any atom is 0.171 e. The van der Waals surface area contributed by atoms with Gasteiger partial charge < -0.3 is 15.4 Å². The van der Waals surface area contributed by atoms with Gasteiger partial charge >= 0.3 is 0 Å². The molecule has 2 atom stereocenters. The molecule has 0 unspecified atom stereocenters. The Morgan fingerprint density at radius 2 is 1.74 bits per heavy atom. The van der Waals surface area contributed by atoms with Gasteiger partial charge in [-0.05, 0) is 48.8 Å². The first-order valence-electron chi connectivity index (χ1n) is 9.70. The number of nitrogens with zero attached hydrogens (tertiary/aromatic N) is 1. The van der Waals surface area contributed by atoms with Crippen LogP contribution < -0.4 is 10.6 Å². The molecule has 5 heteroatoms. The molecule has 1 fully saturated rings. The van der Waals surface area contributed by atoms with Gasteiger partial charge in [0.15, 0.2) is 5.11 Å². The molecule has 0 amide bonds. The molecular formula is C22H29N3OS. The van der Waals surface area contributed by atoms with Gasteiger partial charge in [-0.1, -0.05) is 49.4 Å². The molecule has 4 nitrogen and oxygen atoms in total. The number of benzene rings is 2. The van der Waals surface area contributed by atoms with Crippen LogP contribution in [0.15, 0.2) is 54.6 Å². The van der Waals surface area contributed by atoms with Gasteiger partial charge in [-0.15, -0.1) is 0 Å². The lowest BCUT2D eigenvalue weighted by Crippen LogP contribution is -2.49. The highest BCUT2D eigenvalue weighted by molar-refractivity contribution is 7.80. The number of morpholine rings is 1. The highest BCUT2D eigenvalue weighted by atomic mass is 32.1. The van der Waals surface area contributed by atoms with E-state index in [2.05, 4.69) is 84.0 Å². The lowest BCUT2D eigenvalue weighted by Gasteiger charge is -2.38. The second-order valence-corrected chi connectivity index (χ2v) is 7.35. The molecule has 1 aliphatic rings. The molecule has 0 radical (unpaired) electrons. The van der Waals surface area contributed by atoms with E-state index in [1.54, 1.807) is 0 Å². The minimum absolute atomic E-state index is 0.167. The van der Waals surface area contributed by atoms with Crippen molar-refractivity contribution in [3.8, 4) is 0 Å². The van der Waals surface area contributed by atoms with Gasteiger partial charge in [0.05, 0.1) is 19.3 Å². The zero-order valence-electron chi connectivity index (χ0n) is 16.2. The first-order chi connectivity index (χ1) is 13.2. The van der Waals surface area contributed by atoms with Gasteiger partial charge in [0.2, 0.25) is 0 Å². The predicted octanol–water partition coefficient (Wildman–Crippen LogP) is 4.00. The molecule has 0 aromatic heterocycles. The van der Waals surface area contributed by atoms with Crippen molar-refractivity contribution in [2.24, 2.45) is 0 Å². The molecule has 1 heterocycles. The Bertz CT molecular complexity index is 714. The van der Waals surface area contributed by atoms with Crippen molar-refractivity contribution in [2.75, 3.05) is 31.6 Å². The van der Waals surface area contributed by atoms with Gasteiger partial charge in [-0.25, -0.2) is 0 Å².